The van der Waals surface area contributed by atoms with Crippen molar-refractivity contribution in [3.05, 3.63) is 59.2 Å². The molecule has 0 unspecified atom stereocenters. The van der Waals surface area contributed by atoms with Gasteiger partial charge in [0.25, 0.3) is 0 Å². The highest BCUT2D eigenvalue weighted by Gasteiger charge is 2.10. The standard InChI is InChI=1S/C14H12F3NO/c1-9-4-5-18-11(6-9)7-10-2-3-13(12(15)8-10)19-14(16)17/h2-6,8,14H,7H2,1H3. The first-order chi connectivity index (χ1) is 9.04. The first kappa shape index (κ1) is 13.4. The van der Waals surface area contributed by atoms with Crippen molar-refractivity contribution in [2.75, 3.05) is 0 Å². The molecule has 0 bridgehead atoms. The normalized spacial score (nSPS) is 10.8. The third-order valence-electron chi connectivity index (χ3n) is 2.57. The number of benzene rings is 1. The lowest BCUT2D eigenvalue weighted by Crippen LogP contribution is -2.04. The fourth-order valence-electron chi connectivity index (χ4n) is 1.75. The molecule has 100 valence electrons. The lowest BCUT2D eigenvalue weighted by molar-refractivity contribution is -0.0522. The van der Waals surface area contributed by atoms with Crippen LogP contribution in [-0.2, 0) is 6.42 Å². The van der Waals surface area contributed by atoms with Gasteiger partial charge in [0.05, 0.1) is 0 Å². The van der Waals surface area contributed by atoms with Crippen LogP contribution >= 0.6 is 0 Å². The van der Waals surface area contributed by atoms with E-state index in [1.54, 1.807) is 12.3 Å². The summed E-state index contributed by atoms with van der Waals surface area (Å²) in [6.45, 7) is -1.09. The summed E-state index contributed by atoms with van der Waals surface area (Å²) < 4.78 is 41.5. The van der Waals surface area contributed by atoms with Gasteiger partial charge in [0.15, 0.2) is 11.6 Å². The van der Waals surface area contributed by atoms with E-state index >= 15 is 0 Å². The van der Waals surface area contributed by atoms with Gasteiger partial charge in [0.1, 0.15) is 0 Å². The fraction of sp³-hybridized carbons (Fsp3) is 0.214. The van der Waals surface area contributed by atoms with Gasteiger partial charge >= 0.3 is 6.61 Å². The molecule has 0 aliphatic carbocycles. The fourth-order valence-corrected chi connectivity index (χ4v) is 1.75. The predicted molar refractivity (Wildman–Crippen MR) is 64.8 cm³/mol. The Balaban J connectivity index is 2.16. The molecule has 2 rings (SSSR count). The van der Waals surface area contributed by atoms with Crippen LogP contribution in [0.3, 0.4) is 0 Å². The highest BCUT2D eigenvalue weighted by Crippen LogP contribution is 2.21. The number of hydrogen-bond donors (Lipinski definition) is 0. The van der Waals surface area contributed by atoms with Crippen molar-refractivity contribution in [1.82, 2.24) is 4.98 Å². The van der Waals surface area contributed by atoms with Crippen LogP contribution < -0.4 is 4.74 Å². The average molecular weight is 267 g/mol. The van der Waals surface area contributed by atoms with E-state index in [0.29, 0.717) is 12.0 Å². The first-order valence-corrected chi connectivity index (χ1v) is 5.69. The number of aromatic nitrogens is 1. The molecule has 0 aliphatic rings. The second kappa shape index (κ2) is 5.73. The van der Waals surface area contributed by atoms with Gasteiger partial charge in [-0.05, 0) is 42.3 Å². The Morgan fingerprint density at radius 1 is 1.21 bits per heavy atom. The zero-order valence-corrected chi connectivity index (χ0v) is 10.2. The van der Waals surface area contributed by atoms with E-state index in [9.17, 15) is 13.2 Å². The van der Waals surface area contributed by atoms with Gasteiger partial charge in [-0.2, -0.15) is 8.78 Å². The van der Waals surface area contributed by atoms with Crippen LogP contribution in [0.15, 0.2) is 36.5 Å². The summed E-state index contributed by atoms with van der Waals surface area (Å²) in [7, 11) is 0. The van der Waals surface area contributed by atoms with Crippen molar-refractivity contribution in [2.24, 2.45) is 0 Å². The van der Waals surface area contributed by atoms with Gasteiger partial charge in [0.2, 0.25) is 0 Å². The Hall–Kier alpha value is -2.04. The Labute approximate surface area is 108 Å². The molecule has 0 N–H and O–H groups in total. The van der Waals surface area contributed by atoms with Gasteiger partial charge in [-0.25, -0.2) is 4.39 Å². The third-order valence-corrected chi connectivity index (χ3v) is 2.57. The number of nitrogens with zero attached hydrogens (tertiary/aromatic N) is 1. The molecule has 2 aromatic rings. The minimum absolute atomic E-state index is 0.438. The third kappa shape index (κ3) is 3.71. The molecule has 0 amide bonds. The van der Waals surface area contributed by atoms with Gasteiger partial charge in [-0.3, -0.25) is 4.98 Å². The number of halogens is 3. The van der Waals surface area contributed by atoms with Crippen LogP contribution in [0.5, 0.6) is 5.75 Å². The summed E-state index contributed by atoms with van der Waals surface area (Å²) in [5, 5.41) is 0. The topological polar surface area (TPSA) is 22.1 Å². The summed E-state index contributed by atoms with van der Waals surface area (Å²) in [4.78, 5) is 4.16. The summed E-state index contributed by atoms with van der Waals surface area (Å²) in [6, 6.07) is 7.68. The van der Waals surface area contributed by atoms with Crippen LogP contribution in [0.4, 0.5) is 13.2 Å². The summed E-state index contributed by atoms with van der Waals surface area (Å²) in [6.07, 6.45) is 2.11. The molecule has 0 saturated carbocycles. The molecule has 0 fully saturated rings. The molecule has 0 atom stereocenters. The van der Waals surface area contributed by atoms with Crippen molar-refractivity contribution in [3.8, 4) is 5.75 Å². The number of alkyl halides is 2. The number of rotatable bonds is 4. The molecule has 19 heavy (non-hydrogen) atoms. The molecule has 1 heterocycles. The minimum atomic E-state index is -3.03. The van der Waals surface area contributed by atoms with Gasteiger partial charge < -0.3 is 4.74 Å². The summed E-state index contributed by atoms with van der Waals surface area (Å²) in [5.74, 6) is -1.25. The van der Waals surface area contributed by atoms with E-state index in [-0.39, 0.29) is 0 Å². The first-order valence-electron chi connectivity index (χ1n) is 5.69. The molecular weight excluding hydrogens is 255 g/mol. The zero-order chi connectivity index (χ0) is 13.8. The van der Waals surface area contributed by atoms with Crippen LogP contribution in [0.1, 0.15) is 16.8 Å². The number of hydrogen-bond acceptors (Lipinski definition) is 2. The van der Waals surface area contributed by atoms with Crippen LogP contribution in [0, 0.1) is 12.7 Å². The van der Waals surface area contributed by atoms with Crippen LogP contribution in [0.2, 0.25) is 0 Å². The van der Waals surface area contributed by atoms with Gasteiger partial charge in [-0.1, -0.05) is 6.07 Å². The lowest BCUT2D eigenvalue weighted by atomic mass is 10.1. The van der Waals surface area contributed by atoms with Crippen molar-refractivity contribution in [3.63, 3.8) is 0 Å². The maximum Gasteiger partial charge on any atom is 0.387 e. The Kier molecular flexibility index (Phi) is 4.04. The Morgan fingerprint density at radius 3 is 2.63 bits per heavy atom. The monoisotopic (exact) mass is 267 g/mol. The lowest BCUT2D eigenvalue weighted by Gasteiger charge is -2.07. The van der Waals surface area contributed by atoms with E-state index in [4.69, 9.17) is 0 Å². The zero-order valence-electron chi connectivity index (χ0n) is 10.2. The van der Waals surface area contributed by atoms with Gasteiger partial charge in [0, 0.05) is 18.3 Å². The molecule has 0 aliphatic heterocycles. The molecule has 1 aromatic carbocycles. The van der Waals surface area contributed by atoms with Gasteiger partial charge in [-0.15, -0.1) is 0 Å². The summed E-state index contributed by atoms with van der Waals surface area (Å²) >= 11 is 0. The molecule has 2 nitrogen and oxygen atoms in total. The molecule has 5 heteroatoms. The smallest absolute Gasteiger partial charge is 0.387 e. The molecule has 0 saturated heterocycles. The molecule has 0 spiro atoms. The predicted octanol–water partition coefficient (Wildman–Crippen LogP) is 3.72. The quantitative estimate of drug-likeness (QED) is 0.842. The second-order valence-electron chi connectivity index (χ2n) is 4.14. The van der Waals surface area contributed by atoms with Crippen LogP contribution in [0.25, 0.3) is 0 Å². The van der Waals surface area contributed by atoms with E-state index in [1.165, 1.54) is 12.1 Å². The van der Waals surface area contributed by atoms with E-state index in [0.717, 1.165) is 11.3 Å². The highest BCUT2D eigenvalue weighted by atomic mass is 19.3. The number of ether oxygens (including phenoxy) is 1. The molecule has 1 aromatic heterocycles. The van der Waals surface area contributed by atoms with Crippen molar-refractivity contribution in [2.45, 2.75) is 20.0 Å². The maximum atomic E-state index is 13.5. The molecule has 0 radical (unpaired) electrons. The highest BCUT2D eigenvalue weighted by molar-refractivity contribution is 5.32. The van der Waals surface area contributed by atoms with Crippen molar-refractivity contribution in [1.29, 1.82) is 0 Å². The minimum Gasteiger partial charge on any atom is -0.432 e. The summed E-state index contributed by atoms with van der Waals surface area (Å²) in [5.41, 5.74) is 2.50. The SMILES string of the molecule is Cc1ccnc(Cc2ccc(OC(F)F)c(F)c2)c1. The van der Waals surface area contributed by atoms with E-state index < -0.39 is 18.2 Å². The Bertz CT molecular complexity index is 572. The second-order valence-corrected chi connectivity index (χ2v) is 4.14. The van der Waals surface area contributed by atoms with Crippen LogP contribution in [-0.4, -0.2) is 11.6 Å². The Morgan fingerprint density at radius 2 is 2.00 bits per heavy atom. The maximum absolute atomic E-state index is 13.5. The van der Waals surface area contributed by atoms with E-state index in [2.05, 4.69) is 9.72 Å². The van der Waals surface area contributed by atoms with Crippen molar-refractivity contribution < 1.29 is 17.9 Å². The van der Waals surface area contributed by atoms with E-state index in [1.807, 2.05) is 19.1 Å². The van der Waals surface area contributed by atoms with Crippen molar-refractivity contribution >= 4 is 0 Å². The molecular formula is C14H12F3NO. The number of pyridine rings is 1. The largest absolute Gasteiger partial charge is 0.432 e. The average Bonchev–Trinajstić information content (AvgIpc) is 2.32. The number of aryl methyl sites for hydroxylation is 1.